The van der Waals surface area contributed by atoms with E-state index in [9.17, 15) is 4.79 Å². The van der Waals surface area contributed by atoms with Crippen molar-refractivity contribution in [1.82, 2.24) is 0 Å². The summed E-state index contributed by atoms with van der Waals surface area (Å²) in [6.45, 7) is 2.43. The van der Waals surface area contributed by atoms with E-state index < -0.39 is 0 Å². The minimum absolute atomic E-state index is 0.0266. The van der Waals surface area contributed by atoms with Gasteiger partial charge in [-0.1, -0.05) is 56.2 Å². The highest BCUT2D eigenvalue weighted by molar-refractivity contribution is 5.72. The van der Waals surface area contributed by atoms with E-state index in [1.165, 1.54) is 69.6 Å². The molecule has 3 aliphatic carbocycles. The molecule has 0 atom stereocenters. The number of esters is 1. The van der Waals surface area contributed by atoms with Gasteiger partial charge in [0.05, 0.1) is 13.0 Å². The molecule has 3 fully saturated rings. The average molecular weight is 423 g/mol. The number of carbonyl (C=O) groups is 1. The van der Waals surface area contributed by atoms with Gasteiger partial charge >= 0.3 is 5.97 Å². The number of hydrogen-bond donors (Lipinski definition) is 0. The zero-order chi connectivity index (χ0) is 21.6. The van der Waals surface area contributed by atoms with E-state index in [1.54, 1.807) is 0 Å². The monoisotopic (exact) mass is 422 g/mol. The quantitative estimate of drug-likeness (QED) is 0.453. The number of carbonyl (C=O) groups excluding carboxylic acids is 1. The Bertz CT molecular complexity index is 710. The third kappa shape index (κ3) is 6.02. The largest absolute Gasteiger partial charge is 0.469 e. The van der Waals surface area contributed by atoms with Crippen LogP contribution in [0.25, 0.3) is 6.08 Å². The summed E-state index contributed by atoms with van der Waals surface area (Å²) in [6, 6.07) is 9.19. The summed E-state index contributed by atoms with van der Waals surface area (Å²) in [5.74, 6) is 4.45. The van der Waals surface area contributed by atoms with Crippen LogP contribution >= 0.6 is 0 Å². The third-order valence-corrected chi connectivity index (χ3v) is 8.77. The van der Waals surface area contributed by atoms with Gasteiger partial charge in [0.15, 0.2) is 0 Å². The lowest BCUT2D eigenvalue weighted by atomic mass is 9.69. The number of methoxy groups -OCH3 is 1. The number of ether oxygens (including phenoxy) is 1. The lowest BCUT2D eigenvalue weighted by Crippen LogP contribution is -2.24. The van der Waals surface area contributed by atoms with Crippen molar-refractivity contribution < 1.29 is 9.53 Å². The molecule has 0 radical (unpaired) electrons. The Morgan fingerprint density at radius 3 is 1.97 bits per heavy atom. The van der Waals surface area contributed by atoms with Gasteiger partial charge in [0.1, 0.15) is 0 Å². The van der Waals surface area contributed by atoms with E-state index in [0.717, 1.165) is 49.4 Å². The molecule has 0 spiro atoms. The van der Waals surface area contributed by atoms with Gasteiger partial charge in [-0.25, -0.2) is 0 Å². The molecule has 0 amide bonds. The number of hydrogen-bond acceptors (Lipinski definition) is 2. The van der Waals surface area contributed by atoms with Crippen LogP contribution in [0.4, 0.5) is 0 Å². The Morgan fingerprint density at radius 1 is 0.806 bits per heavy atom. The fourth-order valence-electron chi connectivity index (χ4n) is 6.52. The summed E-state index contributed by atoms with van der Waals surface area (Å²) in [6.07, 6.45) is 20.5. The van der Waals surface area contributed by atoms with Crippen LogP contribution in [0, 0.1) is 29.6 Å². The van der Waals surface area contributed by atoms with Gasteiger partial charge in [0.25, 0.3) is 0 Å². The van der Waals surface area contributed by atoms with Crippen LogP contribution in [0.1, 0.15) is 101 Å². The van der Waals surface area contributed by atoms with Crippen molar-refractivity contribution in [2.45, 2.75) is 89.9 Å². The Morgan fingerprint density at radius 2 is 1.39 bits per heavy atom. The predicted octanol–water partition coefficient (Wildman–Crippen LogP) is 7.78. The molecule has 170 valence electrons. The van der Waals surface area contributed by atoms with Crippen LogP contribution in [0.15, 0.2) is 30.3 Å². The van der Waals surface area contributed by atoms with Crippen LogP contribution in [0.3, 0.4) is 0 Å². The van der Waals surface area contributed by atoms with Gasteiger partial charge in [0, 0.05) is 0 Å². The van der Waals surface area contributed by atoms with Gasteiger partial charge in [0.2, 0.25) is 0 Å². The minimum atomic E-state index is -0.0266. The number of benzene rings is 1. The van der Waals surface area contributed by atoms with E-state index in [-0.39, 0.29) is 11.9 Å². The molecule has 4 rings (SSSR count). The fraction of sp³-hybridized carbons (Fsp3) is 0.690. The second-order valence-corrected chi connectivity index (χ2v) is 10.8. The van der Waals surface area contributed by atoms with Crippen LogP contribution in [0.2, 0.25) is 0 Å². The zero-order valence-electron chi connectivity index (χ0n) is 19.7. The fourth-order valence-corrected chi connectivity index (χ4v) is 6.52. The first-order valence-corrected chi connectivity index (χ1v) is 13.0. The molecule has 0 N–H and O–H groups in total. The maximum atomic E-state index is 11.7. The van der Waals surface area contributed by atoms with Crippen LogP contribution < -0.4 is 0 Å². The normalized spacial score (nSPS) is 34.5. The molecular formula is C29H42O2. The second kappa shape index (κ2) is 10.8. The van der Waals surface area contributed by atoms with Crippen molar-refractivity contribution in [3.63, 3.8) is 0 Å². The van der Waals surface area contributed by atoms with Crippen molar-refractivity contribution in [3.8, 4) is 0 Å². The first-order chi connectivity index (χ1) is 15.1. The first-order valence-electron chi connectivity index (χ1n) is 13.0. The van der Waals surface area contributed by atoms with E-state index >= 15 is 0 Å². The molecule has 31 heavy (non-hydrogen) atoms. The van der Waals surface area contributed by atoms with E-state index in [0.29, 0.717) is 5.92 Å². The molecule has 1 aromatic rings. The second-order valence-electron chi connectivity index (χ2n) is 10.8. The Balaban J connectivity index is 1.22. The highest BCUT2D eigenvalue weighted by atomic mass is 16.5. The molecule has 0 heterocycles. The van der Waals surface area contributed by atoms with Crippen molar-refractivity contribution in [1.29, 1.82) is 0 Å². The van der Waals surface area contributed by atoms with Gasteiger partial charge in [-0.2, -0.15) is 0 Å². The molecule has 0 saturated heterocycles. The molecule has 0 bridgehead atoms. The van der Waals surface area contributed by atoms with Gasteiger partial charge < -0.3 is 4.74 Å². The standard InChI is InChI=1S/C29H42O2/c1-21-3-11-24(12-4-21)25-13-7-22(8-14-25)5-6-23-9-15-26(16-10-23)27-17-19-28(20-18-27)29(30)31-2/h5-6,9-10,15-16,21-22,24-25,27-28H,3-4,7-8,11-14,17-20H2,1-2H3. The molecule has 2 nitrogen and oxygen atoms in total. The SMILES string of the molecule is COC(=O)C1CCC(c2ccc(C=CC3CCC(C4CCC(C)CC4)CC3)cc2)CC1. The summed E-state index contributed by atoms with van der Waals surface area (Å²) < 4.78 is 4.92. The maximum absolute atomic E-state index is 11.7. The molecule has 1 aromatic carbocycles. The minimum Gasteiger partial charge on any atom is -0.469 e. The molecule has 3 saturated carbocycles. The molecule has 0 aromatic heterocycles. The topological polar surface area (TPSA) is 26.3 Å². The lowest BCUT2D eigenvalue weighted by Gasteiger charge is -2.36. The van der Waals surface area contributed by atoms with E-state index in [4.69, 9.17) is 4.74 Å². The van der Waals surface area contributed by atoms with E-state index in [1.807, 2.05) is 0 Å². The van der Waals surface area contributed by atoms with Gasteiger partial charge in [-0.3, -0.25) is 4.79 Å². The Kier molecular flexibility index (Phi) is 7.91. The van der Waals surface area contributed by atoms with Crippen molar-refractivity contribution in [3.05, 3.63) is 41.5 Å². The summed E-state index contributed by atoms with van der Waals surface area (Å²) in [5, 5.41) is 0. The first kappa shape index (κ1) is 22.6. The zero-order valence-corrected chi connectivity index (χ0v) is 19.7. The van der Waals surface area contributed by atoms with Gasteiger partial charge in [-0.05, 0) is 105 Å². The lowest BCUT2D eigenvalue weighted by molar-refractivity contribution is -0.146. The van der Waals surface area contributed by atoms with E-state index in [2.05, 4.69) is 43.3 Å². The third-order valence-electron chi connectivity index (χ3n) is 8.77. The van der Waals surface area contributed by atoms with Gasteiger partial charge in [-0.15, -0.1) is 0 Å². The van der Waals surface area contributed by atoms with Crippen LogP contribution in [-0.4, -0.2) is 13.1 Å². The summed E-state index contributed by atoms with van der Waals surface area (Å²) in [5.41, 5.74) is 2.76. The number of rotatable bonds is 5. The summed E-state index contributed by atoms with van der Waals surface area (Å²) >= 11 is 0. The maximum Gasteiger partial charge on any atom is 0.308 e. The van der Waals surface area contributed by atoms with Crippen molar-refractivity contribution >= 4 is 12.0 Å². The summed E-state index contributed by atoms with van der Waals surface area (Å²) in [7, 11) is 1.50. The Labute approximate surface area is 189 Å². The molecule has 2 heteroatoms. The molecule has 0 unspecified atom stereocenters. The van der Waals surface area contributed by atoms with Crippen LogP contribution in [-0.2, 0) is 9.53 Å². The Hall–Kier alpha value is -1.57. The molecule has 0 aliphatic heterocycles. The van der Waals surface area contributed by atoms with Crippen molar-refractivity contribution in [2.24, 2.45) is 29.6 Å². The highest BCUT2D eigenvalue weighted by Gasteiger charge is 2.29. The van der Waals surface area contributed by atoms with Crippen molar-refractivity contribution in [2.75, 3.05) is 7.11 Å². The molecular weight excluding hydrogens is 380 g/mol. The predicted molar refractivity (Wildman–Crippen MR) is 129 cm³/mol. The number of allylic oxidation sites excluding steroid dienone is 1. The highest BCUT2D eigenvalue weighted by Crippen LogP contribution is 2.41. The average Bonchev–Trinajstić information content (AvgIpc) is 2.83. The smallest absolute Gasteiger partial charge is 0.308 e. The van der Waals surface area contributed by atoms with Crippen LogP contribution in [0.5, 0.6) is 0 Å². The molecule has 3 aliphatic rings. The summed E-state index contributed by atoms with van der Waals surface area (Å²) in [4.78, 5) is 11.7.